The van der Waals surface area contributed by atoms with Crippen molar-refractivity contribution in [2.24, 2.45) is 5.92 Å². The van der Waals surface area contributed by atoms with Crippen LogP contribution in [0.25, 0.3) is 0 Å². The molecular formula is C11H22N2. The molecule has 0 saturated heterocycles. The van der Waals surface area contributed by atoms with Crippen LogP contribution in [0.15, 0.2) is 0 Å². The van der Waals surface area contributed by atoms with Gasteiger partial charge in [-0.3, -0.25) is 4.90 Å². The molecule has 0 aliphatic carbocycles. The minimum Gasteiger partial charge on any atom is -0.299 e. The van der Waals surface area contributed by atoms with Crippen LogP contribution in [0, 0.1) is 17.2 Å². The van der Waals surface area contributed by atoms with Crippen molar-refractivity contribution >= 4 is 0 Å². The van der Waals surface area contributed by atoms with Gasteiger partial charge in [0.2, 0.25) is 0 Å². The van der Waals surface area contributed by atoms with E-state index in [0.717, 1.165) is 19.5 Å². The Morgan fingerprint density at radius 2 is 1.92 bits per heavy atom. The van der Waals surface area contributed by atoms with Gasteiger partial charge in [-0.05, 0) is 19.3 Å². The predicted molar refractivity (Wildman–Crippen MR) is 56.4 cm³/mol. The fraction of sp³-hybridized carbons (Fsp3) is 0.909. The summed E-state index contributed by atoms with van der Waals surface area (Å²) in [5.41, 5.74) is 0. The van der Waals surface area contributed by atoms with Crippen LogP contribution in [0.2, 0.25) is 0 Å². The minimum absolute atomic E-state index is 0.607. The third-order valence-electron chi connectivity index (χ3n) is 2.32. The van der Waals surface area contributed by atoms with Crippen molar-refractivity contribution in [2.45, 2.75) is 46.6 Å². The first kappa shape index (κ1) is 12.4. The lowest BCUT2D eigenvalue weighted by Crippen LogP contribution is -2.36. The Hall–Kier alpha value is -0.550. The molecule has 0 aliphatic heterocycles. The molecule has 0 spiro atoms. The number of nitriles is 1. The van der Waals surface area contributed by atoms with Gasteiger partial charge in [0.25, 0.3) is 0 Å². The van der Waals surface area contributed by atoms with Gasteiger partial charge in [0.15, 0.2) is 0 Å². The SMILES string of the molecule is CCC(C)N(CCC#N)CC(C)C. The number of hydrogen-bond acceptors (Lipinski definition) is 2. The molecule has 0 aromatic carbocycles. The summed E-state index contributed by atoms with van der Waals surface area (Å²) in [5.74, 6) is 0.688. The molecule has 76 valence electrons. The van der Waals surface area contributed by atoms with E-state index < -0.39 is 0 Å². The molecule has 2 heteroatoms. The van der Waals surface area contributed by atoms with Gasteiger partial charge in [-0.1, -0.05) is 20.8 Å². The summed E-state index contributed by atoms with van der Waals surface area (Å²) in [6, 6.07) is 2.82. The molecule has 0 aliphatic rings. The molecule has 13 heavy (non-hydrogen) atoms. The largest absolute Gasteiger partial charge is 0.299 e. The fourth-order valence-corrected chi connectivity index (χ4v) is 1.41. The van der Waals surface area contributed by atoms with Gasteiger partial charge in [0, 0.05) is 25.6 Å². The quantitative estimate of drug-likeness (QED) is 0.631. The van der Waals surface area contributed by atoms with E-state index in [2.05, 4.69) is 38.7 Å². The molecule has 1 atom stereocenters. The highest BCUT2D eigenvalue weighted by Crippen LogP contribution is 2.07. The smallest absolute Gasteiger partial charge is 0.0635 e. The summed E-state index contributed by atoms with van der Waals surface area (Å²) in [7, 11) is 0. The van der Waals surface area contributed by atoms with E-state index in [-0.39, 0.29) is 0 Å². The molecule has 0 radical (unpaired) electrons. The highest BCUT2D eigenvalue weighted by Gasteiger charge is 2.12. The Balaban J connectivity index is 3.95. The zero-order chi connectivity index (χ0) is 10.3. The Labute approximate surface area is 82.5 Å². The first-order valence-corrected chi connectivity index (χ1v) is 5.22. The van der Waals surface area contributed by atoms with Gasteiger partial charge in [-0.2, -0.15) is 5.26 Å². The zero-order valence-electron chi connectivity index (χ0n) is 9.38. The summed E-state index contributed by atoms with van der Waals surface area (Å²) in [6.45, 7) is 10.9. The van der Waals surface area contributed by atoms with Crippen LogP contribution in [0.4, 0.5) is 0 Å². The van der Waals surface area contributed by atoms with Gasteiger partial charge in [-0.15, -0.1) is 0 Å². The monoisotopic (exact) mass is 182 g/mol. The second-order valence-electron chi connectivity index (χ2n) is 4.05. The van der Waals surface area contributed by atoms with Gasteiger partial charge in [-0.25, -0.2) is 0 Å². The Morgan fingerprint density at radius 1 is 1.31 bits per heavy atom. The Morgan fingerprint density at radius 3 is 2.31 bits per heavy atom. The molecule has 0 rings (SSSR count). The van der Waals surface area contributed by atoms with E-state index in [9.17, 15) is 0 Å². The lowest BCUT2D eigenvalue weighted by molar-refractivity contribution is 0.186. The molecule has 0 N–H and O–H groups in total. The zero-order valence-corrected chi connectivity index (χ0v) is 9.38. The Kier molecular flexibility index (Phi) is 6.62. The molecule has 2 nitrogen and oxygen atoms in total. The van der Waals surface area contributed by atoms with Gasteiger partial charge in [0.05, 0.1) is 6.07 Å². The third kappa shape index (κ3) is 5.65. The average Bonchev–Trinajstić information content (AvgIpc) is 2.10. The highest BCUT2D eigenvalue weighted by molar-refractivity contribution is 4.75. The van der Waals surface area contributed by atoms with E-state index >= 15 is 0 Å². The molecule has 0 aromatic heterocycles. The number of rotatable bonds is 6. The molecule has 0 bridgehead atoms. The van der Waals surface area contributed by atoms with Crippen LogP contribution in [-0.2, 0) is 0 Å². The maximum Gasteiger partial charge on any atom is 0.0635 e. The van der Waals surface area contributed by atoms with Crippen molar-refractivity contribution in [1.82, 2.24) is 4.90 Å². The minimum atomic E-state index is 0.607. The summed E-state index contributed by atoms with van der Waals surface area (Å²) in [4.78, 5) is 2.41. The molecular weight excluding hydrogens is 160 g/mol. The standard InChI is InChI=1S/C11H22N2/c1-5-11(4)13(8-6-7-12)9-10(2)3/h10-11H,5-6,8-9H2,1-4H3. The lowest BCUT2D eigenvalue weighted by atomic mass is 10.1. The van der Waals surface area contributed by atoms with Crippen molar-refractivity contribution in [3.63, 3.8) is 0 Å². The highest BCUT2D eigenvalue weighted by atomic mass is 15.1. The topological polar surface area (TPSA) is 27.0 Å². The first-order chi connectivity index (χ1) is 6.11. The second-order valence-corrected chi connectivity index (χ2v) is 4.05. The van der Waals surface area contributed by atoms with E-state index in [4.69, 9.17) is 5.26 Å². The van der Waals surface area contributed by atoms with Crippen molar-refractivity contribution < 1.29 is 0 Å². The first-order valence-electron chi connectivity index (χ1n) is 5.22. The fourth-order valence-electron chi connectivity index (χ4n) is 1.41. The Bertz CT molecular complexity index is 158. The molecule has 0 aromatic rings. The van der Waals surface area contributed by atoms with Gasteiger partial charge < -0.3 is 0 Å². The summed E-state index contributed by atoms with van der Waals surface area (Å²) in [5, 5.41) is 8.53. The summed E-state index contributed by atoms with van der Waals surface area (Å²) >= 11 is 0. The van der Waals surface area contributed by atoms with Gasteiger partial charge in [0.1, 0.15) is 0 Å². The van der Waals surface area contributed by atoms with Crippen LogP contribution < -0.4 is 0 Å². The summed E-state index contributed by atoms with van der Waals surface area (Å²) in [6.07, 6.45) is 1.81. The third-order valence-corrected chi connectivity index (χ3v) is 2.32. The maximum atomic E-state index is 8.53. The van der Waals surface area contributed by atoms with Crippen LogP contribution in [-0.4, -0.2) is 24.0 Å². The van der Waals surface area contributed by atoms with Crippen molar-refractivity contribution in [3.8, 4) is 6.07 Å². The van der Waals surface area contributed by atoms with E-state index in [1.54, 1.807) is 0 Å². The molecule has 0 amide bonds. The predicted octanol–water partition coefficient (Wildman–Crippen LogP) is 2.66. The molecule has 0 fully saturated rings. The maximum absolute atomic E-state index is 8.53. The second kappa shape index (κ2) is 6.91. The number of nitrogens with zero attached hydrogens (tertiary/aromatic N) is 2. The van der Waals surface area contributed by atoms with Crippen molar-refractivity contribution in [2.75, 3.05) is 13.1 Å². The van der Waals surface area contributed by atoms with Crippen molar-refractivity contribution in [3.05, 3.63) is 0 Å². The lowest BCUT2D eigenvalue weighted by Gasteiger charge is -2.29. The van der Waals surface area contributed by atoms with Crippen LogP contribution in [0.5, 0.6) is 0 Å². The van der Waals surface area contributed by atoms with E-state index in [0.29, 0.717) is 18.4 Å². The van der Waals surface area contributed by atoms with E-state index in [1.807, 2.05) is 0 Å². The van der Waals surface area contributed by atoms with E-state index in [1.165, 1.54) is 0 Å². The van der Waals surface area contributed by atoms with Crippen LogP contribution in [0.3, 0.4) is 0 Å². The molecule has 1 unspecified atom stereocenters. The molecule has 0 saturated carbocycles. The number of hydrogen-bond donors (Lipinski definition) is 0. The average molecular weight is 182 g/mol. The van der Waals surface area contributed by atoms with Crippen LogP contribution >= 0.6 is 0 Å². The van der Waals surface area contributed by atoms with Crippen LogP contribution in [0.1, 0.15) is 40.5 Å². The van der Waals surface area contributed by atoms with Crippen molar-refractivity contribution in [1.29, 1.82) is 5.26 Å². The normalized spacial score (nSPS) is 13.3. The summed E-state index contributed by atoms with van der Waals surface area (Å²) < 4.78 is 0. The molecule has 0 heterocycles. The van der Waals surface area contributed by atoms with Gasteiger partial charge >= 0.3 is 0 Å².